The first-order valence-electron chi connectivity index (χ1n) is 13.5. The van der Waals surface area contributed by atoms with Crippen molar-refractivity contribution in [2.75, 3.05) is 7.11 Å². The highest BCUT2D eigenvalue weighted by atomic mass is 16.5. The zero-order valence-corrected chi connectivity index (χ0v) is 23.9. The summed E-state index contributed by atoms with van der Waals surface area (Å²) >= 11 is 0. The summed E-state index contributed by atoms with van der Waals surface area (Å²) < 4.78 is 13.0. The van der Waals surface area contributed by atoms with Gasteiger partial charge in [0, 0.05) is 17.5 Å². The van der Waals surface area contributed by atoms with Crippen molar-refractivity contribution >= 4 is 10.9 Å². The molecule has 0 amide bonds. The molecule has 0 aliphatic rings. The molecule has 3 heterocycles. The van der Waals surface area contributed by atoms with Gasteiger partial charge in [-0.05, 0) is 91.6 Å². The van der Waals surface area contributed by atoms with Gasteiger partial charge in [0.2, 0.25) is 0 Å². The number of H-pyrrole nitrogens is 1. The number of aromatic nitrogens is 5. The Hall–Kier alpha value is -4.24. The average molecular weight is 541 g/mol. The first-order valence-corrected chi connectivity index (χ1v) is 13.5. The Morgan fingerprint density at radius 1 is 1.07 bits per heavy atom. The van der Waals surface area contributed by atoms with Crippen LogP contribution in [0.25, 0.3) is 10.9 Å². The van der Waals surface area contributed by atoms with Crippen LogP contribution >= 0.6 is 0 Å². The number of tetrazole rings is 1. The molecular formula is C31H36N6O3. The van der Waals surface area contributed by atoms with E-state index in [1.54, 1.807) is 13.4 Å². The molecule has 9 heteroatoms. The topological polar surface area (TPSA) is 102 Å². The van der Waals surface area contributed by atoms with Crippen LogP contribution in [-0.2, 0) is 18.6 Å². The van der Waals surface area contributed by atoms with Gasteiger partial charge in [0.1, 0.15) is 17.6 Å². The van der Waals surface area contributed by atoms with Gasteiger partial charge in [-0.25, -0.2) is 4.68 Å². The molecule has 9 nitrogen and oxygen atoms in total. The van der Waals surface area contributed by atoms with Crippen LogP contribution in [0.4, 0.5) is 0 Å². The molecule has 5 aromatic rings. The number of hydrogen-bond donors (Lipinski definition) is 1. The summed E-state index contributed by atoms with van der Waals surface area (Å²) in [4.78, 5) is 19.3. The molecule has 0 spiro atoms. The Kier molecular flexibility index (Phi) is 7.58. The minimum atomic E-state index is -0.568. The quantitative estimate of drug-likeness (QED) is 0.243. The highest BCUT2D eigenvalue weighted by Crippen LogP contribution is 2.34. The lowest BCUT2D eigenvalue weighted by Gasteiger charge is -2.33. The van der Waals surface area contributed by atoms with Crippen molar-refractivity contribution < 1.29 is 9.15 Å². The maximum atomic E-state index is 13.9. The van der Waals surface area contributed by atoms with E-state index < -0.39 is 6.04 Å². The fourth-order valence-corrected chi connectivity index (χ4v) is 5.05. The van der Waals surface area contributed by atoms with Crippen LogP contribution in [0.3, 0.4) is 0 Å². The monoisotopic (exact) mass is 540 g/mol. The Labute approximate surface area is 233 Å². The molecule has 0 saturated carbocycles. The zero-order chi connectivity index (χ0) is 28.4. The second-order valence-corrected chi connectivity index (χ2v) is 10.9. The molecular weight excluding hydrogens is 504 g/mol. The second-order valence-electron chi connectivity index (χ2n) is 10.9. The number of fused-ring (bicyclic) bond motifs is 1. The Balaban J connectivity index is 1.74. The van der Waals surface area contributed by atoms with Crippen molar-refractivity contribution in [3.8, 4) is 5.75 Å². The number of methoxy groups -OCH3 is 1. The van der Waals surface area contributed by atoms with Crippen molar-refractivity contribution in [3.05, 3.63) is 105 Å². The fraction of sp³-hybridized carbons (Fsp3) is 0.355. The lowest BCUT2D eigenvalue weighted by Crippen LogP contribution is -2.38. The predicted octanol–water partition coefficient (Wildman–Crippen LogP) is 5.67. The van der Waals surface area contributed by atoms with Crippen molar-refractivity contribution in [2.24, 2.45) is 0 Å². The van der Waals surface area contributed by atoms with Gasteiger partial charge in [-0.15, -0.1) is 5.10 Å². The third-order valence-electron chi connectivity index (χ3n) is 7.79. The van der Waals surface area contributed by atoms with Crippen LogP contribution in [0.5, 0.6) is 5.75 Å². The van der Waals surface area contributed by atoms with Crippen molar-refractivity contribution in [2.45, 2.75) is 65.7 Å². The highest BCUT2D eigenvalue weighted by Gasteiger charge is 2.35. The van der Waals surface area contributed by atoms with E-state index in [2.05, 4.69) is 59.2 Å². The molecule has 1 N–H and O–H groups in total. The molecule has 1 atom stereocenters. The summed E-state index contributed by atoms with van der Waals surface area (Å²) in [5, 5.41) is 14.1. The van der Waals surface area contributed by atoms with Gasteiger partial charge < -0.3 is 14.1 Å². The van der Waals surface area contributed by atoms with Crippen LogP contribution in [0.15, 0.2) is 70.1 Å². The van der Waals surface area contributed by atoms with E-state index in [1.807, 2.05) is 60.1 Å². The number of nitrogens with zero attached hydrogens (tertiary/aromatic N) is 5. The second kappa shape index (κ2) is 11.1. The molecule has 0 fully saturated rings. The van der Waals surface area contributed by atoms with E-state index >= 15 is 0 Å². The number of rotatable bonds is 10. The van der Waals surface area contributed by atoms with Gasteiger partial charge in [0.15, 0.2) is 5.82 Å². The van der Waals surface area contributed by atoms with Crippen LogP contribution in [0.1, 0.15) is 67.1 Å². The number of furan rings is 1. The number of hydrogen-bond acceptors (Lipinski definition) is 7. The van der Waals surface area contributed by atoms with Crippen molar-refractivity contribution in [3.63, 3.8) is 0 Å². The summed E-state index contributed by atoms with van der Waals surface area (Å²) in [6.45, 7) is 11.3. The Morgan fingerprint density at radius 3 is 2.50 bits per heavy atom. The van der Waals surface area contributed by atoms with Crippen LogP contribution in [0.2, 0.25) is 0 Å². The maximum Gasteiger partial charge on any atom is 0.253 e. The molecule has 0 aliphatic heterocycles. The molecule has 0 saturated heterocycles. The summed E-state index contributed by atoms with van der Waals surface area (Å²) in [6.07, 6.45) is 2.47. The van der Waals surface area contributed by atoms with Gasteiger partial charge >= 0.3 is 0 Å². The largest absolute Gasteiger partial charge is 0.497 e. The van der Waals surface area contributed by atoms with Gasteiger partial charge in [0.05, 0.1) is 31.0 Å². The number of nitrogens with one attached hydrogen (secondary N) is 1. The molecule has 3 aromatic heterocycles. The van der Waals surface area contributed by atoms with Crippen LogP contribution < -0.4 is 10.3 Å². The van der Waals surface area contributed by atoms with Crippen molar-refractivity contribution in [1.29, 1.82) is 0 Å². The molecule has 0 bridgehead atoms. The Morgan fingerprint density at radius 2 is 1.82 bits per heavy atom. The summed E-state index contributed by atoms with van der Waals surface area (Å²) in [5.74, 6) is 2.15. The third-order valence-corrected chi connectivity index (χ3v) is 7.79. The average Bonchev–Trinajstić information content (AvgIpc) is 3.65. The van der Waals surface area contributed by atoms with Crippen molar-refractivity contribution in [1.82, 2.24) is 30.1 Å². The normalized spacial score (nSPS) is 12.8. The van der Waals surface area contributed by atoms with Gasteiger partial charge in [-0.1, -0.05) is 31.2 Å². The molecule has 0 radical (unpaired) electrons. The molecule has 2 aromatic carbocycles. The van der Waals surface area contributed by atoms with E-state index in [0.29, 0.717) is 24.5 Å². The summed E-state index contributed by atoms with van der Waals surface area (Å²) in [6, 6.07) is 17.3. The minimum Gasteiger partial charge on any atom is -0.497 e. The standard InChI is InChI=1S/C31H36N6O3/c1-7-31(4,5)37-29(33-34-35-37)28(26-17-25-20(2)10-11-21(3)27(25)32-30(26)38)36(19-24-9-8-16-40-24)18-22-12-14-23(39-6)15-13-22/h8-17,28H,7,18-19H2,1-6H3,(H,32,38)/t28-/m1/s1. The van der Waals surface area contributed by atoms with Gasteiger partial charge in [0.25, 0.3) is 5.56 Å². The van der Waals surface area contributed by atoms with Crippen LogP contribution in [-0.4, -0.2) is 37.2 Å². The van der Waals surface area contributed by atoms with E-state index in [9.17, 15) is 4.79 Å². The third kappa shape index (κ3) is 5.29. The smallest absolute Gasteiger partial charge is 0.253 e. The lowest BCUT2D eigenvalue weighted by molar-refractivity contribution is 0.168. The number of ether oxygens (including phenoxy) is 1. The van der Waals surface area contributed by atoms with Gasteiger partial charge in [-0.3, -0.25) is 9.69 Å². The van der Waals surface area contributed by atoms with E-state index in [1.165, 1.54) is 0 Å². The number of pyridine rings is 1. The first-order chi connectivity index (χ1) is 19.2. The van der Waals surface area contributed by atoms with E-state index in [0.717, 1.165) is 45.5 Å². The van der Waals surface area contributed by atoms with E-state index in [-0.39, 0.29) is 11.1 Å². The summed E-state index contributed by atoms with van der Waals surface area (Å²) in [7, 11) is 1.65. The zero-order valence-electron chi connectivity index (χ0n) is 23.9. The number of aromatic amines is 1. The lowest BCUT2D eigenvalue weighted by atomic mass is 9.97. The predicted molar refractivity (Wildman–Crippen MR) is 154 cm³/mol. The maximum absolute atomic E-state index is 13.9. The summed E-state index contributed by atoms with van der Waals surface area (Å²) in [5.41, 5.74) is 4.02. The molecule has 208 valence electrons. The molecule has 0 aliphatic carbocycles. The minimum absolute atomic E-state index is 0.172. The number of aryl methyl sites for hydroxylation is 2. The van der Waals surface area contributed by atoms with Crippen LogP contribution in [0, 0.1) is 13.8 Å². The molecule has 0 unspecified atom stereocenters. The fourth-order valence-electron chi connectivity index (χ4n) is 5.05. The Bertz CT molecular complexity index is 1650. The van der Waals surface area contributed by atoms with E-state index in [4.69, 9.17) is 9.15 Å². The molecule has 5 rings (SSSR count). The van der Waals surface area contributed by atoms with Gasteiger partial charge in [-0.2, -0.15) is 0 Å². The number of benzene rings is 2. The highest BCUT2D eigenvalue weighted by molar-refractivity contribution is 5.85. The first kappa shape index (κ1) is 27.3. The SMILES string of the molecule is CCC(C)(C)n1nnnc1[C@@H](c1cc2c(C)ccc(C)c2[nH]c1=O)N(Cc1ccc(OC)cc1)Cc1ccco1. The molecule has 40 heavy (non-hydrogen) atoms.